The van der Waals surface area contributed by atoms with Crippen LogP contribution >= 0.6 is 0 Å². The molecule has 3 nitrogen and oxygen atoms in total. The molecule has 3 heteroatoms. The molecule has 2 fully saturated rings. The van der Waals surface area contributed by atoms with Crippen molar-refractivity contribution in [3.05, 3.63) is 0 Å². The first-order chi connectivity index (χ1) is 7.20. The lowest BCUT2D eigenvalue weighted by molar-refractivity contribution is -0.136. The number of aliphatic carboxylic acids is 1. The van der Waals surface area contributed by atoms with Gasteiger partial charge < -0.3 is 10.4 Å². The minimum Gasteiger partial charge on any atom is -0.480 e. The summed E-state index contributed by atoms with van der Waals surface area (Å²) in [7, 11) is 0. The van der Waals surface area contributed by atoms with Crippen LogP contribution in [0, 0.1) is 5.41 Å². The van der Waals surface area contributed by atoms with Gasteiger partial charge in [-0.3, -0.25) is 4.79 Å². The highest BCUT2D eigenvalue weighted by Crippen LogP contribution is 2.48. The number of hydrogen-bond donors (Lipinski definition) is 2. The standard InChI is InChI=1S/C12H21NO2/c14-11(15)9-13-10-3-7-12(8-4-10)5-1-2-6-12/h10,13H,1-9H2,(H,14,15). The van der Waals surface area contributed by atoms with Crippen molar-refractivity contribution in [2.24, 2.45) is 5.41 Å². The Morgan fingerprint density at radius 2 is 1.80 bits per heavy atom. The van der Waals surface area contributed by atoms with Crippen LogP contribution in [0.25, 0.3) is 0 Å². The summed E-state index contributed by atoms with van der Waals surface area (Å²) in [6, 6.07) is 0.451. The molecule has 1 spiro atoms. The lowest BCUT2D eigenvalue weighted by atomic mass is 9.71. The van der Waals surface area contributed by atoms with Crippen LogP contribution in [0.1, 0.15) is 51.4 Å². The van der Waals surface area contributed by atoms with Crippen LogP contribution in [0.15, 0.2) is 0 Å². The Morgan fingerprint density at radius 1 is 1.20 bits per heavy atom. The average Bonchev–Trinajstić information content (AvgIpc) is 2.66. The van der Waals surface area contributed by atoms with Crippen LogP contribution in [0.2, 0.25) is 0 Å². The van der Waals surface area contributed by atoms with E-state index in [0.29, 0.717) is 11.5 Å². The molecule has 0 aromatic carbocycles. The Morgan fingerprint density at radius 3 is 2.33 bits per heavy atom. The fourth-order valence-electron chi connectivity index (χ4n) is 3.29. The van der Waals surface area contributed by atoms with Crippen LogP contribution in [-0.2, 0) is 4.79 Å². The van der Waals surface area contributed by atoms with E-state index < -0.39 is 5.97 Å². The molecular formula is C12H21NO2. The van der Waals surface area contributed by atoms with Crippen molar-refractivity contribution >= 4 is 5.97 Å². The number of hydrogen-bond acceptors (Lipinski definition) is 2. The maximum absolute atomic E-state index is 10.4. The fourth-order valence-corrected chi connectivity index (χ4v) is 3.29. The van der Waals surface area contributed by atoms with Crippen molar-refractivity contribution < 1.29 is 9.90 Å². The van der Waals surface area contributed by atoms with Crippen molar-refractivity contribution in [3.8, 4) is 0 Å². The Kier molecular flexibility index (Phi) is 3.29. The minimum atomic E-state index is -0.740. The molecule has 2 saturated carbocycles. The predicted molar refractivity (Wildman–Crippen MR) is 58.8 cm³/mol. The van der Waals surface area contributed by atoms with E-state index in [1.165, 1.54) is 51.4 Å². The molecule has 86 valence electrons. The second kappa shape index (κ2) is 4.52. The van der Waals surface area contributed by atoms with E-state index in [0.717, 1.165) is 0 Å². The monoisotopic (exact) mass is 211 g/mol. The summed E-state index contributed by atoms with van der Waals surface area (Å²) in [6.45, 7) is 0.123. The molecule has 0 aliphatic heterocycles. The maximum atomic E-state index is 10.4. The van der Waals surface area contributed by atoms with Gasteiger partial charge in [0.05, 0.1) is 6.54 Å². The van der Waals surface area contributed by atoms with Gasteiger partial charge in [-0.25, -0.2) is 0 Å². The van der Waals surface area contributed by atoms with Crippen molar-refractivity contribution in [1.29, 1.82) is 0 Å². The molecule has 0 atom stereocenters. The zero-order valence-corrected chi connectivity index (χ0v) is 9.30. The highest BCUT2D eigenvalue weighted by Gasteiger charge is 2.37. The molecule has 2 rings (SSSR count). The molecule has 2 N–H and O–H groups in total. The normalized spacial score (nSPS) is 25.9. The van der Waals surface area contributed by atoms with Gasteiger partial charge in [0.1, 0.15) is 0 Å². The van der Waals surface area contributed by atoms with Gasteiger partial charge in [-0.1, -0.05) is 12.8 Å². The zero-order chi connectivity index (χ0) is 10.7. The summed E-state index contributed by atoms with van der Waals surface area (Å²) in [5.41, 5.74) is 0.654. The van der Waals surface area contributed by atoms with Gasteiger partial charge in [0.15, 0.2) is 0 Å². The molecule has 0 saturated heterocycles. The van der Waals surface area contributed by atoms with Gasteiger partial charge in [-0.15, -0.1) is 0 Å². The summed E-state index contributed by atoms with van der Waals surface area (Å²) >= 11 is 0. The third-order valence-electron chi connectivity index (χ3n) is 4.25. The molecule has 0 bridgehead atoms. The van der Waals surface area contributed by atoms with E-state index in [1.54, 1.807) is 0 Å². The molecule has 0 aromatic heterocycles. The van der Waals surface area contributed by atoms with E-state index in [4.69, 9.17) is 5.11 Å². The number of rotatable bonds is 3. The van der Waals surface area contributed by atoms with Crippen molar-refractivity contribution in [2.75, 3.05) is 6.54 Å². The van der Waals surface area contributed by atoms with E-state index in [9.17, 15) is 4.79 Å². The molecule has 2 aliphatic rings. The number of carboxylic acid groups (broad SMARTS) is 1. The van der Waals surface area contributed by atoms with Crippen molar-refractivity contribution in [3.63, 3.8) is 0 Å². The molecular weight excluding hydrogens is 190 g/mol. The third kappa shape index (κ3) is 2.71. The first-order valence-corrected chi connectivity index (χ1v) is 6.15. The van der Waals surface area contributed by atoms with Crippen molar-refractivity contribution in [1.82, 2.24) is 5.32 Å². The van der Waals surface area contributed by atoms with E-state index in [1.807, 2.05) is 0 Å². The molecule has 0 unspecified atom stereocenters. The molecule has 2 aliphatic carbocycles. The molecule has 0 amide bonds. The first kappa shape index (κ1) is 10.9. The molecule has 15 heavy (non-hydrogen) atoms. The number of carboxylic acids is 1. The minimum absolute atomic E-state index is 0.123. The van der Waals surface area contributed by atoms with Gasteiger partial charge in [0.25, 0.3) is 0 Å². The van der Waals surface area contributed by atoms with Crippen LogP contribution in [-0.4, -0.2) is 23.7 Å². The molecule has 0 heterocycles. The summed E-state index contributed by atoms with van der Waals surface area (Å²) in [6.07, 6.45) is 10.6. The first-order valence-electron chi connectivity index (χ1n) is 6.15. The SMILES string of the molecule is O=C(O)CNC1CCC2(CCCC2)CC1. The highest BCUT2D eigenvalue weighted by molar-refractivity contribution is 5.69. The average molecular weight is 211 g/mol. The van der Waals surface area contributed by atoms with Gasteiger partial charge in [0.2, 0.25) is 0 Å². The summed E-state index contributed by atoms with van der Waals surface area (Å²) in [4.78, 5) is 10.4. The van der Waals surface area contributed by atoms with Crippen LogP contribution in [0.3, 0.4) is 0 Å². The second-order valence-corrected chi connectivity index (χ2v) is 5.26. The summed E-state index contributed by atoms with van der Waals surface area (Å²) in [5.74, 6) is -0.740. The van der Waals surface area contributed by atoms with E-state index in [2.05, 4.69) is 5.32 Å². The lowest BCUT2D eigenvalue weighted by Crippen LogP contribution is -2.39. The third-order valence-corrected chi connectivity index (χ3v) is 4.25. The Hall–Kier alpha value is -0.570. The molecule has 0 radical (unpaired) electrons. The highest BCUT2D eigenvalue weighted by atomic mass is 16.4. The Bertz CT molecular complexity index is 224. The van der Waals surface area contributed by atoms with E-state index in [-0.39, 0.29) is 6.54 Å². The molecule has 0 aromatic rings. The van der Waals surface area contributed by atoms with E-state index >= 15 is 0 Å². The van der Waals surface area contributed by atoms with Gasteiger partial charge >= 0.3 is 5.97 Å². The summed E-state index contributed by atoms with van der Waals surface area (Å²) in [5, 5.41) is 11.7. The summed E-state index contributed by atoms with van der Waals surface area (Å²) < 4.78 is 0. The Labute approximate surface area is 91.2 Å². The topological polar surface area (TPSA) is 49.3 Å². The smallest absolute Gasteiger partial charge is 0.317 e. The van der Waals surface area contributed by atoms with Gasteiger partial charge in [-0.05, 0) is 43.9 Å². The van der Waals surface area contributed by atoms with Gasteiger partial charge in [0, 0.05) is 6.04 Å². The Balaban J connectivity index is 1.74. The van der Waals surface area contributed by atoms with Crippen LogP contribution in [0.5, 0.6) is 0 Å². The van der Waals surface area contributed by atoms with Crippen LogP contribution in [0.4, 0.5) is 0 Å². The second-order valence-electron chi connectivity index (χ2n) is 5.26. The fraction of sp³-hybridized carbons (Fsp3) is 0.917. The quantitative estimate of drug-likeness (QED) is 0.752. The van der Waals surface area contributed by atoms with Crippen LogP contribution < -0.4 is 5.32 Å². The largest absolute Gasteiger partial charge is 0.480 e. The lowest BCUT2D eigenvalue weighted by Gasteiger charge is -2.37. The van der Waals surface area contributed by atoms with Gasteiger partial charge in [-0.2, -0.15) is 0 Å². The number of carbonyl (C=O) groups is 1. The van der Waals surface area contributed by atoms with Crippen molar-refractivity contribution in [2.45, 2.75) is 57.4 Å². The maximum Gasteiger partial charge on any atom is 0.317 e. The zero-order valence-electron chi connectivity index (χ0n) is 9.30. The number of nitrogens with one attached hydrogen (secondary N) is 1. The predicted octanol–water partition coefficient (Wildman–Crippen LogP) is 2.16.